The Morgan fingerprint density at radius 1 is 0.538 bits per heavy atom. The van der Waals surface area contributed by atoms with E-state index in [1.54, 1.807) is 0 Å². The zero-order chi connectivity index (χ0) is 17.3. The van der Waals surface area contributed by atoms with E-state index in [0.29, 0.717) is 0 Å². The quantitative estimate of drug-likeness (QED) is 0.364. The Bertz CT molecular complexity index is 1210. The second kappa shape index (κ2) is 6.08. The fourth-order valence-corrected chi connectivity index (χ4v) is 3.47. The van der Waals surface area contributed by atoms with Crippen LogP contribution in [0.2, 0.25) is 0 Å². The van der Waals surface area contributed by atoms with Gasteiger partial charge in [-0.3, -0.25) is 9.97 Å². The smallest absolute Gasteiger partial charge is 0.0970 e. The third-order valence-electron chi connectivity index (χ3n) is 4.75. The van der Waals surface area contributed by atoms with Crippen molar-refractivity contribution in [2.24, 2.45) is 0 Å². The first-order chi connectivity index (χ1) is 12.9. The third kappa shape index (κ3) is 2.44. The summed E-state index contributed by atoms with van der Waals surface area (Å²) in [5, 5.41) is 2.24. The highest BCUT2D eigenvalue weighted by molar-refractivity contribution is 6.08. The number of rotatable bonds is 2. The number of benzene rings is 3. The van der Waals surface area contributed by atoms with Gasteiger partial charge in [0.15, 0.2) is 0 Å². The topological polar surface area (TPSA) is 25.8 Å². The van der Waals surface area contributed by atoms with E-state index in [-0.39, 0.29) is 0 Å². The molecule has 0 aliphatic carbocycles. The predicted octanol–water partition coefficient (Wildman–Crippen LogP) is 6.12. The van der Waals surface area contributed by atoms with Gasteiger partial charge in [0.05, 0.1) is 11.0 Å². The van der Waals surface area contributed by atoms with Crippen LogP contribution < -0.4 is 0 Å². The minimum Gasteiger partial charge on any atom is -0.254 e. The van der Waals surface area contributed by atoms with Crippen molar-refractivity contribution in [3.63, 3.8) is 0 Å². The van der Waals surface area contributed by atoms with Gasteiger partial charge in [-0.1, -0.05) is 72.8 Å². The Kier molecular flexibility index (Phi) is 3.46. The molecular formula is C24H16N2. The van der Waals surface area contributed by atoms with Gasteiger partial charge >= 0.3 is 0 Å². The highest BCUT2D eigenvalue weighted by Crippen LogP contribution is 2.32. The summed E-state index contributed by atoms with van der Waals surface area (Å²) in [6.45, 7) is 0. The molecule has 122 valence electrons. The monoisotopic (exact) mass is 332 g/mol. The number of hydrogen-bond acceptors (Lipinski definition) is 2. The zero-order valence-electron chi connectivity index (χ0n) is 14.1. The van der Waals surface area contributed by atoms with Crippen molar-refractivity contribution >= 4 is 21.8 Å². The maximum atomic E-state index is 4.76. The Morgan fingerprint density at radius 2 is 1.27 bits per heavy atom. The van der Waals surface area contributed by atoms with Crippen LogP contribution in [0.4, 0.5) is 0 Å². The summed E-state index contributed by atoms with van der Waals surface area (Å²) in [7, 11) is 0. The van der Waals surface area contributed by atoms with E-state index >= 15 is 0 Å². The van der Waals surface area contributed by atoms with Crippen LogP contribution in [-0.2, 0) is 0 Å². The Labute approximate surface area is 151 Å². The van der Waals surface area contributed by atoms with Crippen LogP contribution in [0, 0.1) is 0 Å². The Hall–Kier alpha value is -3.52. The molecule has 0 aliphatic rings. The lowest BCUT2D eigenvalue weighted by atomic mass is 9.99. The molecule has 0 unspecified atom stereocenters. The fraction of sp³-hybridized carbons (Fsp3) is 0. The molecule has 0 saturated carbocycles. The van der Waals surface area contributed by atoms with Crippen molar-refractivity contribution in [2.45, 2.75) is 0 Å². The van der Waals surface area contributed by atoms with Crippen LogP contribution in [0.3, 0.4) is 0 Å². The lowest BCUT2D eigenvalue weighted by Gasteiger charge is -2.09. The van der Waals surface area contributed by atoms with Gasteiger partial charge in [0.2, 0.25) is 0 Å². The van der Waals surface area contributed by atoms with Crippen LogP contribution in [0.15, 0.2) is 97.3 Å². The molecule has 3 aromatic carbocycles. The molecule has 2 heterocycles. The molecule has 26 heavy (non-hydrogen) atoms. The summed E-state index contributed by atoms with van der Waals surface area (Å²) in [4.78, 5) is 9.39. The van der Waals surface area contributed by atoms with Crippen molar-refractivity contribution in [3.05, 3.63) is 97.3 Å². The van der Waals surface area contributed by atoms with Gasteiger partial charge in [-0.25, -0.2) is 0 Å². The van der Waals surface area contributed by atoms with Gasteiger partial charge in [-0.05, 0) is 28.8 Å². The minimum absolute atomic E-state index is 0.944. The van der Waals surface area contributed by atoms with Crippen LogP contribution in [0.25, 0.3) is 44.1 Å². The highest BCUT2D eigenvalue weighted by Gasteiger charge is 2.09. The van der Waals surface area contributed by atoms with E-state index in [9.17, 15) is 0 Å². The molecular weight excluding hydrogens is 316 g/mol. The van der Waals surface area contributed by atoms with Crippen LogP contribution in [-0.4, -0.2) is 9.97 Å². The first kappa shape index (κ1) is 14.8. The molecule has 0 atom stereocenters. The molecule has 5 rings (SSSR count). The molecule has 0 aliphatic heterocycles. The van der Waals surface area contributed by atoms with E-state index in [1.807, 2.05) is 36.7 Å². The fourth-order valence-electron chi connectivity index (χ4n) is 3.47. The number of aromatic nitrogens is 2. The third-order valence-corrected chi connectivity index (χ3v) is 4.75. The number of hydrogen-bond donors (Lipinski definition) is 0. The summed E-state index contributed by atoms with van der Waals surface area (Å²) < 4.78 is 0. The summed E-state index contributed by atoms with van der Waals surface area (Å²) in [5.41, 5.74) is 6.57. The van der Waals surface area contributed by atoms with Crippen molar-refractivity contribution in [3.8, 4) is 22.3 Å². The number of nitrogens with zero attached hydrogens (tertiary/aromatic N) is 2. The Morgan fingerprint density at radius 3 is 2.04 bits per heavy atom. The first-order valence-electron chi connectivity index (χ1n) is 8.68. The van der Waals surface area contributed by atoms with Crippen LogP contribution in [0.5, 0.6) is 0 Å². The normalized spacial score (nSPS) is 11.1. The molecule has 0 saturated heterocycles. The second-order valence-corrected chi connectivity index (χ2v) is 6.35. The SMILES string of the molecule is c1ccc(-c2cnc3c(ccc4c(-c5ccccc5)ccnc43)c2)cc1. The van der Waals surface area contributed by atoms with Crippen molar-refractivity contribution in [1.29, 1.82) is 0 Å². The molecule has 5 aromatic rings. The lowest BCUT2D eigenvalue weighted by Crippen LogP contribution is -1.89. The molecule has 2 aromatic heterocycles. The predicted molar refractivity (Wildman–Crippen MR) is 108 cm³/mol. The maximum absolute atomic E-state index is 4.76. The number of fused-ring (bicyclic) bond motifs is 3. The summed E-state index contributed by atoms with van der Waals surface area (Å²) >= 11 is 0. The zero-order valence-corrected chi connectivity index (χ0v) is 14.1. The molecule has 2 nitrogen and oxygen atoms in total. The molecule has 0 amide bonds. The molecule has 0 N–H and O–H groups in total. The first-order valence-corrected chi connectivity index (χ1v) is 8.68. The van der Waals surface area contributed by atoms with Gasteiger partial charge in [-0.15, -0.1) is 0 Å². The molecule has 0 fully saturated rings. The van der Waals surface area contributed by atoms with Gasteiger partial charge in [0.1, 0.15) is 0 Å². The molecule has 0 spiro atoms. The second-order valence-electron chi connectivity index (χ2n) is 6.35. The Balaban J connectivity index is 1.74. The van der Waals surface area contributed by atoms with E-state index in [1.165, 1.54) is 16.7 Å². The molecule has 0 bridgehead atoms. The van der Waals surface area contributed by atoms with Gasteiger partial charge < -0.3 is 0 Å². The van der Waals surface area contributed by atoms with E-state index < -0.39 is 0 Å². The molecule has 2 heteroatoms. The standard InChI is InChI=1S/C24H16N2/c1-3-7-17(8-4-1)20-15-19-11-12-22-21(18-9-5-2-6-10-18)13-14-25-24(22)23(19)26-16-20/h1-16H. The number of pyridine rings is 2. The van der Waals surface area contributed by atoms with E-state index in [0.717, 1.165) is 27.4 Å². The van der Waals surface area contributed by atoms with Gasteiger partial charge in [0, 0.05) is 28.7 Å². The summed E-state index contributed by atoms with van der Waals surface area (Å²) in [6, 6.07) is 29.3. The summed E-state index contributed by atoms with van der Waals surface area (Å²) in [5.74, 6) is 0. The molecule has 0 radical (unpaired) electrons. The average Bonchev–Trinajstić information content (AvgIpc) is 2.74. The van der Waals surface area contributed by atoms with Crippen molar-refractivity contribution < 1.29 is 0 Å². The van der Waals surface area contributed by atoms with Gasteiger partial charge in [0.25, 0.3) is 0 Å². The lowest BCUT2D eigenvalue weighted by molar-refractivity contribution is 1.37. The van der Waals surface area contributed by atoms with Crippen molar-refractivity contribution in [1.82, 2.24) is 9.97 Å². The minimum atomic E-state index is 0.944. The average molecular weight is 332 g/mol. The van der Waals surface area contributed by atoms with Crippen LogP contribution in [0.1, 0.15) is 0 Å². The van der Waals surface area contributed by atoms with Crippen molar-refractivity contribution in [2.75, 3.05) is 0 Å². The largest absolute Gasteiger partial charge is 0.254 e. The summed E-state index contributed by atoms with van der Waals surface area (Å²) in [6.07, 6.45) is 3.81. The highest BCUT2D eigenvalue weighted by atomic mass is 14.7. The van der Waals surface area contributed by atoms with E-state index in [2.05, 4.69) is 65.6 Å². The van der Waals surface area contributed by atoms with Crippen LogP contribution >= 0.6 is 0 Å². The van der Waals surface area contributed by atoms with E-state index in [4.69, 9.17) is 4.98 Å². The van der Waals surface area contributed by atoms with Gasteiger partial charge in [-0.2, -0.15) is 0 Å². The maximum Gasteiger partial charge on any atom is 0.0970 e.